The van der Waals surface area contributed by atoms with Crippen molar-refractivity contribution in [3.63, 3.8) is 0 Å². The Balaban J connectivity index is 2.03. The van der Waals surface area contributed by atoms with E-state index in [0.717, 1.165) is 32.2 Å². The lowest BCUT2D eigenvalue weighted by molar-refractivity contribution is 0.922. The van der Waals surface area contributed by atoms with Gasteiger partial charge in [0.15, 0.2) is 0 Å². The van der Waals surface area contributed by atoms with Crippen LogP contribution in [0, 0.1) is 3.57 Å². The topological polar surface area (TPSA) is 25.8 Å². The fraction of sp³-hybridized carbons (Fsp3) is 0.286. The van der Waals surface area contributed by atoms with Crippen molar-refractivity contribution in [1.82, 2.24) is 9.97 Å². The second-order valence-electron chi connectivity index (χ2n) is 4.34. The van der Waals surface area contributed by atoms with Crippen molar-refractivity contribution in [3.8, 4) is 11.3 Å². The molecule has 0 aliphatic carbocycles. The molecule has 1 fully saturated rings. The fourth-order valence-electron chi connectivity index (χ4n) is 2.00. The summed E-state index contributed by atoms with van der Waals surface area (Å²) >= 11 is 12.4. The van der Waals surface area contributed by atoms with Crippen molar-refractivity contribution in [2.75, 3.05) is 17.3 Å². The third kappa shape index (κ3) is 3.26. The standard InChI is InChI=1S/C14H12ClIN2S2/c15-13-11(16)12(9-4-2-1-3-5-9)17-14(18-13)10-8-19-6-7-20-10/h1-5,10H,6-8H2. The molecule has 0 radical (unpaired) electrons. The van der Waals surface area contributed by atoms with E-state index in [1.54, 1.807) is 0 Å². The first kappa shape index (κ1) is 14.9. The number of aromatic nitrogens is 2. The third-order valence-corrected chi connectivity index (χ3v) is 7.34. The highest BCUT2D eigenvalue weighted by Crippen LogP contribution is 2.37. The van der Waals surface area contributed by atoms with Gasteiger partial charge in [0.05, 0.1) is 14.5 Å². The lowest BCUT2D eigenvalue weighted by Crippen LogP contribution is -2.11. The zero-order chi connectivity index (χ0) is 13.9. The molecule has 1 unspecified atom stereocenters. The first-order valence-corrected chi connectivity index (χ1v) is 9.89. The molecule has 1 aromatic heterocycles. The van der Waals surface area contributed by atoms with Gasteiger partial charge in [-0.1, -0.05) is 41.9 Å². The molecule has 20 heavy (non-hydrogen) atoms. The van der Waals surface area contributed by atoms with Crippen LogP contribution in [0.1, 0.15) is 11.1 Å². The van der Waals surface area contributed by atoms with Crippen LogP contribution in [0.5, 0.6) is 0 Å². The smallest absolute Gasteiger partial charge is 0.146 e. The molecule has 1 saturated heterocycles. The number of halogens is 2. The molecule has 0 amide bonds. The van der Waals surface area contributed by atoms with Crippen LogP contribution in [0.4, 0.5) is 0 Å². The largest absolute Gasteiger partial charge is 0.230 e. The van der Waals surface area contributed by atoms with E-state index in [1.807, 2.05) is 41.7 Å². The van der Waals surface area contributed by atoms with Gasteiger partial charge >= 0.3 is 0 Å². The summed E-state index contributed by atoms with van der Waals surface area (Å²) in [4.78, 5) is 9.29. The molecule has 1 aliphatic heterocycles. The maximum atomic E-state index is 6.31. The molecule has 0 spiro atoms. The minimum Gasteiger partial charge on any atom is -0.230 e. The van der Waals surface area contributed by atoms with Gasteiger partial charge in [0.1, 0.15) is 11.0 Å². The summed E-state index contributed by atoms with van der Waals surface area (Å²) in [6.07, 6.45) is 0. The zero-order valence-electron chi connectivity index (χ0n) is 10.6. The van der Waals surface area contributed by atoms with Crippen molar-refractivity contribution in [1.29, 1.82) is 0 Å². The van der Waals surface area contributed by atoms with E-state index in [0.29, 0.717) is 10.4 Å². The number of hydrogen-bond acceptors (Lipinski definition) is 4. The Morgan fingerprint density at radius 1 is 1.15 bits per heavy atom. The van der Waals surface area contributed by atoms with Crippen LogP contribution < -0.4 is 0 Å². The lowest BCUT2D eigenvalue weighted by Gasteiger charge is -2.20. The Labute approximate surface area is 145 Å². The Hall–Kier alpha value is 0.0200. The van der Waals surface area contributed by atoms with E-state index in [2.05, 4.69) is 39.7 Å². The average molecular weight is 435 g/mol. The SMILES string of the molecule is Clc1nc(C2CSCCS2)nc(-c2ccccc2)c1I. The van der Waals surface area contributed by atoms with Crippen molar-refractivity contribution < 1.29 is 0 Å². The van der Waals surface area contributed by atoms with Gasteiger partial charge in [0, 0.05) is 22.8 Å². The molecule has 3 rings (SSSR count). The van der Waals surface area contributed by atoms with Crippen molar-refractivity contribution in [2.24, 2.45) is 0 Å². The second kappa shape index (κ2) is 6.85. The molecule has 1 atom stereocenters. The molecular formula is C14H12ClIN2S2. The average Bonchev–Trinajstić information content (AvgIpc) is 2.51. The maximum Gasteiger partial charge on any atom is 0.146 e. The predicted molar refractivity (Wildman–Crippen MR) is 97.7 cm³/mol. The number of nitrogens with zero attached hydrogens (tertiary/aromatic N) is 2. The Kier molecular flexibility index (Phi) is 5.12. The van der Waals surface area contributed by atoms with Crippen LogP contribution >= 0.6 is 57.7 Å². The maximum absolute atomic E-state index is 6.31. The van der Waals surface area contributed by atoms with Crippen molar-refractivity contribution in [3.05, 3.63) is 44.9 Å². The number of benzene rings is 1. The molecule has 0 saturated carbocycles. The number of rotatable bonds is 2. The molecule has 104 valence electrons. The second-order valence-corrected chi connectivity index (χ2v) is 8.23. The van der Waals surface area contributed by atoms with E-state index < -0.39 is 0 Å². The number of thioether (sulfide) groups is 2. The highest BCUT2D eigenvalue weighted by atomic mass is 127. The summed E-state index contributed by atoms with van der Waals surface area (Å²) in [6, 6.07) is 10.2. The summed E-state index contributed by atoms with van der Waals surface area (Å²) in [5.41, 5.74) is 2.04. The molecule has 2 heterocycles. The highest BCUT2D eigenvalue weighted by Gasteiger charge is 2.22. The van der Waals surface area contributed by atoms with Crippen LogP contribution in [0.3, 0.4) is 0 Å². The molecule has 0 bridgehead atoms. The van der Waals surface area contributed by atoms with E-state index in [9.17, 15) is 0 Å². The Morgan fingerprint density at radius 3 is 2.65 bits per heavy atom. The minimum atomic E-state index is 0.353. The van der Waals surface area contributed by atoms with Crippen molar-refractivity contribution in [2.45, 2.75) is 5.25 Å². The van der Waals surface area contributed by atoms with Gasteiger partial charge in [-0.05, 0) is 22.6 Å². The van der Waals surface area contributed by atoms with Gasteiger partial charge < -0.3 is 0 Å². The van der Waals surface area contributed by atoms with Gasteiger partial charge in [0.2, 0.25) is 0 Å². The first-order valence-electron chi connectivity index (χ1n) is 6.23. The van der Waals surface area contributed by atoms with Crippen LogP contribution in [-0.4, -0.2) is 27.2 Å². The van der Waals surface area contributed by atoms with Gasteiger partial charge in [-0.15, -0.1) is 11.8 Å². The van der Waals surface area contributed by atoms with Gasteiger partial charge in [-0.2, -0.15) is 11.8 Å². The third-order valence-electron chi connectivity index (χ3n) is 2.98. The van der Waals surface area contributed by atoms with Gasteiger partial charge in [0.25, 0.3) is 0 Å². The van der Waals surface area contributed by atoms with Crippen LogP contribution in [0.25, 0.3) is 11.3 Å². The van der Waals surface area contributed by atoms with E-state index >= 15 is 0 Å². The van der Waals surface area contributed by atoms with E-state index in [1.165, 1.54) is 5.75 Å². The van der Waals surface area contributed by atoms with Crippen LogP contribution in [0.15, 0.2) is 30.3 Å². The van der Waals surface area contributed by atoms with E-state index in [4.69, 9.17) is 16.6 Å². The van der Waals surface area contributed by atoms with Crippen molar-refractivity contribution >= 4 is 57.7 Å². The molecular weight excluding hydrogens is 423 g/mol. The Bertz CT molecular complexity index is 604. The summed E-state index contributed by atoms with van der Waals surface area (Å²) in [6.45, 7) is 0. The normalized spacial score (nSPS) is 19.0. The van der Waals surface area contributed by atoms with Crippen LogP contribution in [0.2, 0.25) is 5.15 Å². The van der Waals surface area contributed by atoms with Gasteiger partial charge in [-0.3, -0.25) is 0 Å². The molecule has 1 aromatic carbocycles. The molecule has 2 nitrogen and oxygen atoms in total. The van der Waals surface area contributed by atoms with E-state index in [-0.39, 0.29) is 0 Å². The Morgan fingerprint density at radius 2 is 1.95 bits per heavy atom. The highest BCUT2D eigenvalue weighted by molar-refractivity contribution is 14.1. The molecule has 6 heteroatoms. The molecule has 0 N–H and O–H groups in total. The first-order chi connectivity index (χ1) is 9.75. The summed E-state index contributed by atoms with van der Waals surface area (Å²) in [7, 11) is 0. The quantitative estimate of drug-likeness (QED) is 0.495. The monoisotopic (exact) mass is 434 g/mol. The minimum absolute atomic E-state index is 0.353. The lowest BCUT2D eigenvalue weighted by atomic mass is 10.1. The molecule has 1 aliphatic rings. The summed E-state index contributed by atoms with van der Waals surface area (Å²) < 4.78 is 0.924. The zero-order valence-corrected chi connectivity index (χ0v) is 15.1. The fourth-order valence-corrected chi connectivity index (χ4v) is 5.33. The summed E-state index contributed by atoms with van der Waals surface area (Å²) in [5.74, 6) is 4.30. The predicted octanol–water partition coefficient (Wildman–Crippen LogP) is 4.92. The number of hydrogen-bond donors (Lipinski definition) is 0. The van der Waals surface area contributed by atoms with Crippen LogP contribution in [-0.2, 0) is 0 Å². The van der Waals surface area contributed by atoms with Gasteiger partial charge in [-0.25, -0.2) is 9.97 Å². The molecule has 2 aromatic rings. The summed E-state index contributed by atoms with van der Waals surface area (Å²) in [5, 5.41) is 0.913.